The molecule has 0 radical (unpaired) electrons. The molecule has 0 atom stereocenters. The molecule has 3 nitrogen and oxygen atoms in total. The third kappa shape index (κ3) is 3.91. The van der Waals surface area contributed by atoms with E-state index in [-0.39, 0.29) is 12.5 Å². The van der Waals surface area contributed by atoms with Crippen molar-refractivity contribution in [1.29, 1.82) is 0 Å². The summed E-state index contributed by atoms with van der Waals surface area (Å²) in [6.45, 7) is 2.25. The molecular weight excluding hydrogens is 258 g/mol. The van der Waals surface area contributed by atoms with Gasteiger partial charge in [-0.1, -0.05) is 13.0 Å². The third-order valence-corrected chi connectivity index (χ3v) is 4.70. The lowest BCUT2D eigenvalue weighted by Gasteiger charge is -2.38. The van der Waals surface area contributed by atoms with Gasteiger partial charge < -0.3 is 10.4 Å². The highest BCUT2D eigenvalue weighted by Crippen LogP contribution is 2.31. The summed E-state index contributed by atoms with van der Waals surface area (Å²) in [4.78, 5) is 13.0. The minimum atomic E-state index is -0.413. The van der Waals surface area contributed by atoms with Crippen molar-refractivity contribution in [3.05, 3.63) is 28.5 Å². The summed E-state index contributed by atoms with van der Waals surface area (Å²) in [5.74, 6) is 0.579. The molecular formula is C15H21NO2S. The van der Waals surface area contributed by atoms with Crippen LogP contribution in [0.2, 0.25) is 0 Å². The van der Waals surface area contributed by atoms with Crippen molar-refractivity contribution in [3.63, 3.8) is 0 Å². The number of rotatable bonds is 4. The molecule has 1 aromatic rings. The van der Waals surface area contributed by atoms with Gasteiger partial charge in [0.25, 0.3) is 0 Å². The maximum Gasteiger partial charge on any atom is 0.244 e. The van der Waals surface area contributed by atoms with Crippen LogP contribution in [0.1, 0.15) is 37.5 Å². The number of amides is 1. The Balaban J connectivity index is 1.93. The molecule has 2 N–H and O–H groups in total. The lowest BCUT2D eigenvalue weighted by atomic mass is 9.77. The van der Waals surface area contributed by atoms with Crippen molar-refractivity contribution in [1.82, 2.24) is 5.32 Å². The number of thiophene rings is 1. The summed E-state index contributed by atoms with van der Waals surface area (Å²) in [5, 5.41) is 14.6. The summed E-state index contributed by atoms with van der Waals surface area (Å²) in [7, 11) is 0. The van der Waals surface area contributed by atoms with Crippen molar-refractivity contribution in [2.45, 2.75) is 38.1 Å². The van der Waals surface area contributed by atoms with E-state index in [1.807, 2.05) is 23.6 Å². The fraction of sp³-hybridized carbons (Fsp3) is 0.533. The fourth-order valence-electron chi connectivity index (χ4n) is 2.48. The lowest BCUT2D eigenvalue weighted by Crippen LogP contribution is -2.52. The summed E-state index contributed by atoms with van der Waals surface area (Å²) >= 11 is 1.60. The second kappa shape index (κ2) is 6.35. The van der Waals surface area contributed by atoms with Crippen molar-refractivity contribution < 1.29 is 9.90 Å². The summed E-state index contributed by atoms with van der Waals surface area (Å²) in [6.07, 6.45) is 7.23. The van der Waals surface area contributed by atoms with Gasteiger partial charge in [0.05, 0.1) is 12.1 Å². The van der Waals surface area contributed by atoms with E-state index in [0.29, 0.717) is 5.92 Å². The number of aliphatic hydroxyl groups excluding tert-OH is 1. The van der Waals surface area contributed by atoms with E-state index in [4.69, 9.17) is 0 Å². The normalized spacial score (nSPS) is 27.6. The molecule has 2 rings (SSSR count). The summed E-state index contributed by atoms with van der Waals surface area (Å²) < 4.78 is 0. The van der Waals surface area contributed by atoms with Gasteiger partial charge in [-0.3, -0.25) is 4.79 Å². The summed E-state index contributed by atoms with van der Waals surface area (Å²) in [6, 6.07) is 3.93. The minimum Gasteiger partial charge on any atom is -0.394 e. The Morgan fingerprint density at radius 3 is 2.89 bits per heavy atom. The van der Waals surface area contributed by atoms with Gasteiger partial charge in [0, 0.05) is 11.0 Å². The fourth-order valence-corrected chi connectivity index (χ4v) is 3.10. The molecule has 0 bridgehead atoms. The Hall–Kier alpha value is -1.13. The first-order valence-corrected chi connectivity index (χ1v) is 7.66. The van der Waals surface area contributed by atoms with E-state index < -0.39 is 5.54 Å². The van der Waals surface area contributed by atoms with Crippen LogP contribution >= 0.6 is 11.3 Å². The molecule has 1 aliphatic carbocycles. The zero-order chi connectivity index (χ0) is 13.7. The zero-order valence-electron chi connectivity index (χ0n) is 11.3. The number of carbonyl (C=O) groups is 1. The predicted molar refractivity (Wildman–Crippen MR) is 78.9 cm³/mol. The molecule has 1 aromatic heterocycles. The molecule has 1 aliphatic rings. The summed E-state index contributed by atoms with van der Waals surface area (Å²) in [5.41, 5.74) is -0.413. The van der Waals surface area contributed by atoms with Gasteiger partial charge >= 0.3 is 0 Å². The van der Waals surface area contributed by atoms with Gasteiger partial charge in [-0.2, -0.15) is 0 Å². The highest BCUT2D eigenvalue weighted by atomic mass is 32.1. The molecule has 0 aliphatic heterocycles. The average molecular weight is 279 g/mol. The van der Waals surface area contributed by atoms with Gasteiger partial charge in [-0.15, -0.1) is 11.3 Å². The molecule has 0 aromatic carbocycles. The third-order valence-electron chi connectivity index (χ3n) is 3.86. The van der Waals surface area contributed by atoms with E-state index >= 15 is 0 Å². The van der Waals surface area contributed by atoms with Crippen LogP contribution in [0.15, 0.2) is 23.6 Å². The van der Waals surface area contributed by atoms with E-state index in [1.54, 1.807) is 17.4 Å². The first kappa shape index (κ1) is 14.3. The molecule has 1 amide bonds. The number of carbonyl (C=O) groups excluding carboxylic acids is 1. The van der Waals surface area contributed by atoms with Crippen LogP contribution in [-0.4, -0.2) is 23.2 Å². The number of aliphatic hydroxyl groups is 1. The van der Waals surface area contributed by atoms with Gasteiger partial charge in [-0.25, -0.2) is 0 Å². The van der Waals surface area contributed by atoms with E-state index in [9.17, 15) is 9.90 Å². The lowest BCUT2D eigenvalue weighted by molar-refractivity contribution is -0.119. The van der Waals surface area contributed by atoms with E-state index in [1.165, 1.54) is 0 Å². The van der Waals surface area contributed by atoms with Gasteiger partial charge in [0.1, 0.15) is 0 Å². The molecule has 19 heavy (non-hydrogen) atoms. The Labute approximate surface area is 118 Å². The second-order valence-electron chi connectivity index (χ2n) is 5.46. The number of hydrogen-bond donors (Lipinski definition) is 2. The average Bonchev–Trinajstić information content (AvgIpc) is 2.93. The van der Waals surface area contributed by atoms with Crippen molar-refractivity contribution in [2.24, 2.45) is 5.92 Å². The van der Waals surface area contributed by atoms with E-state index in [0.717, 1.165) is 30.6 Å². The topological polar surface area (TPSA) is 49.3 Å². The molecule has 0 saturated heterocycles. The van der Waals surface area contributed by atoms with Crippen LogP contribution < -0.4 is 5.32 Å². The molecule has 4 heteroatoms. The quantitative estimate of drug-likeness (QED) is 0.833. The molecule has 104 valence electrons. The van der Waals surface area contributed by atoms with Gasteiger partial charge in [0.15, 0.2) is 0 Å². The van der Waals surface area contributed by atoms with Crippen LogP contribution in [-0.2, 0) is 4.79 Å². The smallest absolute Gasteiger partial charge is 0.244 e. The molecule has 1 saturated carbocycles. The Bertz CT molecular complexity index is 431. The first-order chi connectivity index (χ1) is 9.13. The first-order valence-electron chi connectivity index (χ1n) is 6.78. The monoisotopic (exact) mass is 279 g/mol. The van der Waals surface area contributed by atoms with Crippen molar-refractivity contribution in [3.8, 4) is 0 Å². The van der Waals surface area contributed by atoms with E-state index in [2.05, 4.69) is 12.2 Å². The highest BCUT2D eigenvalue weighted by Gasteiger charge is 2.34. The molecule has 0 spiro atoms. The zero-order valence-corrected chi connectivity index (χ0v) is 12.1. The predicted octanol–water partition coefficient (Wildman–Crippen LogP) is 2.82. The Morgan fingerprint density at radius 1 is 1.58 bits per heavy atom. The number of hydrogen-bond acceptors (Lipinski definition) is 3. The molecule has 1 fully saturated rings. The van der Waals surface area contributed by atoms with Gasteiger partial charge in [-0.05, 0) is 49.1 Å². The SMILES string of the molecule is CC1CCC(CO)(NC(=O)C=Cc2cccs2)CC1. The van der Waals surface area contributed by atoms with Gasteiger partial charge in [0.2, 0.25) is 5.91 Å². The van der Waals surface area contributed by atoms with Crippen molar-refractivity contribution in [2.75, 3.05) is 6.61 Å². The largest absolute Gasteiger partial charge is 0.394 e. The van der Waals surface area contributed by atoms with Crippen LogP contribution in [0.25, 0.3) is 6.08 Å². The standard InChI is InChI=1S/C15H21NO2S/c1-12-6-8-15(11-17,9-7-12)16-14(18)5-4-13-3-2-10-19-13/h2-5,10,12,17H,6-9,11H2,1H3,(H,16,18). The van der Waals surface area contributed by atoms with Crippen molar-refractivity contribution >= 4 is 23.3 Å². The van der Waals surface area contributed by atoms with Crippen LogP contribution in [0.5, 0.6) is 0 Å². The maximum atomic E-state index is 11.9. The second-order valence-corrected chi connectivity index (χ2v) is 6.44. The maximum absolute atomic E-state index is 11.9. The number of nitrogens with one attached hydrogen (secondary N) is 1. The minimum absolute atomic E-state index is 0.0261. The highest BCUT2D eigenvalue weighted by molar-refractivity contribution is 7.10. The van der Waals surface area contributed by atoms with Crippen LogP contribution in [0.4, 0.5) is 0 Å². The van der Waals surface area contributed by atoms with Crippen LogP contribution in [0.3, 0.4) is 0 Å². The Morgan fingerprint density at radius 2 is 2.32 bits per heavy atom. The molecule has 0 unspecified atom stereocenters. The molecule has 1 heterocycles. The Kier molecular flexibility index (Phi) is 4.77. The van der Waals surface area contributed by atoms with Crippen LogP contribution in [0, 0.1) is 5.92 Å².